The summed E-state index contributed by atoms with van der Waals surface area (Å²) < 4.78 is 1.61. The van der Waals surface area contributed by atoms with E-state index in [9.17, 15) is 9.59 Å². The van der Waals surface area contributed by atoms with Gasteiger partial charge < -0.3 is 14.8 Å². The number of carbonyl (C=O) groups is 1. The first-order valence-electron chi connectivity index (χ1n) is 5.53. The van der Waals surface area contributed by atoms with Gasteiger partial charge >= 0.3 is 5.97 Å². The molecule has 0 aliphatic rings. The molecule has 0 bridgehead atoms. The molecule has 18 heavy (non-hydrogen) atoms. The molecular formula is C13H13NO4. The van der Waals surface area contributed by atoms with Crippen molar-refractivity contribution in [2.24, 2.45) is 0 Å². The predicted molar refractivity (Wildman–Crippen MR) is 67.0 cm³/mol. The third-order valence-electron chi connectivity index (χ3n) is 2.87. The minimum Gasteiger partial charge on any atom is -0.477 e. The molecule has 0 saturated heterocycles. The Labute approximate surface area is 103 Å². The van der Waals surface area contributed by atoms with Crippen LogP contribution in [0.2, 0.25) is 0 Å². The second-order valence-electron chi connectivity index (χ2n) is 4.07. The van der Waals surface area contributed by atoms with E-state index in [2.05, 4.69) is 0 Å². The fraction of sp³-hybridized carbons (Fsp3) is 0.231. The summed E-state index contributed by atoms with van der Waals surface area (Å²) in [6.07, 6.45) is 1.29. The normalized spacial score (nSPS) is 10.8. The summed E-state index contributed by atoms with van der Waals surface area (Å²) >= 11 is 0. The maximum Gasteiger partial charge on any atom is 0.341 e. The lowest BCUT2D eigenvalue weighted by Gasteiger charge is -2.12. The van der Waals surface area contributed by atoms with Crippen LogP contribution in [0.25, 0.3) is 10.9 Å². The second-order valence-corrected chi connectivity index (χ2v) is 4.07. The number of carboxylic acid groups (broad SMARTS) is 1. The van der Waals surface area contributed by atoms with Gasteiger partial charge in [-0.25, -0.2) is 4.79 Å². The van der Waals surface area contributed by atoms with E-state index in [4.69, 9.17) is 10.2 Å². The summed E-state index contributed by atoms with van der Waals surface area (Å²) in [5.41, 5.74) is 0.772. The van der Waals surface area contributed by atoms with Crippen LogP contribution in [0.3, 0.4) is 0 Å². The zero-order valence-electron chi connectivity index (χ0n) is 9.88. The van der Waals surface area contributed by atoms with Crippen LogP contribution < -0.4 is 5.43 Å². The Morgan fingerprint density at radius 1 is 1.39 bits per heavy atom. The van der Waals surface area contributed by atoms with Gasteiger partial charge in [-0.15, -0.1) is 0 Å². The highest BCUT2D eigenvalue weighted by Gasteiger charge is 2.15. The molecule has 0 saturated carbocycles. The number of nitrogens with zero attached hydrogens (tertiary/aromatic N) is 1. The maximum absolute atomic E-state index is 12.0. The van der Waals surface area contributed by atoms with E-state index in [1.54, 1.807) is 16.7 Å². The SMILES string of the molecule is Cc1cccc2c(=O)c(C(=O)O)cn(CCO)c12. The van der Waals surface area contributed by atoms with Crippen LogP contribution in [0.15, 0.2) is 29.2 Å². The van der Waals surface area contributed by atoms with Crippen LogP contribution in [0.5, 0.6) is 0 Å². The third-order valence-corrected chi connectivity index (χ3v) is 2.87. The molecule has 2 aromatic rings. The van der Waals surface area contributed by atoms with Crippen molar-refractivity contribution in [1.82, 2.24) is 4.57 Å². The number of aryl methyl sites for hydroxylation is 1. The topological polar surface area (TPSA) is 79.5 Å². The summed E-state index contributed by atoms with van der Waals surface area (Å²) in [6.45, 7) is 1.98. The third kappa shape index (κ3) is 1.89. The first-order valence-corrected chi connectivity index (χ1v) is 5.53. The summed E-state index contributed by atoms with van der Waals surface area (Å²) in [6, 6.07) is 5.16. The Morgan fingerprint density at radius 2 is 2.11 bits per heavy atom. The molecule has 94 valence electrons. The fourth-order valence-corrected chi connectivity index (χ4v) is 2.08. The number of pyridine rings is 1. The number of aromatic carboxylic acids is 1. The first-order chi connectivity index (χ1) is 8.56. The number of hydrogen-bond donors (Lipinski definition) is 2. The van der Waals surface area contributed by atoms with Crippen molar-refractivity contribution in [3.63, 3.8) is 0 Å². The van der Waals surface area contributed by atoms with E-state index in [0.29, 0.717) is 10.9 Å². The van der Waals surface area contributed by atoms with Gasteiger partial charge in [0.15, 0.2) is 0 Å². The molecule has 5 heteroatoms. The minimum atomic E-state index is -1.25. The molecule has 1 aromatic heterocycles. The van der Waals surface area contributed by atoms with Gasteiger partial charge in [-0.3, -0.25) is 4.79 Å². The lowest BCUT2D eigenvalue weighted by Crippen LogP contribution is -2.20. The lowest BCUT2D eigenvalue weighted by atomic mass is 10.1. The number of aliphatic hydroxyl groups excluding tert-OH is 1. The molecule has 0 aliphatic carbocycles. The van der Waals surface area contributed by atoms with Crippen LogP contribution >= 0.6 is 0 Å². The molecule has 0 radical (unpaired) electrons. The fourth-order valence-electron chi connectivity index (χ4n) is 2.08. The van der Waals surface area contributed by atoms with E-state index in [0.717, 1.165) is 5.56 Å². The van der Waals surface area contributed by atoms with Crippen LogP contribution in [-0.2, 0) is 6.54 Å². The van der Waals surface area contributed by atoms with Gasteiger partial charge in [-0.05, 0) is 18.6 Å². The first kappa shape index (κ1) is 12.3. The molecule has 0 spiro atoms. The Bertz CT molecular complexity index is 672. The Morgan fingerprint density at radius 3 is 2.72 bits per heavy atom. The smallest absolute Gasteiger partial charge is 0.341 e. The molecular weight excluding hydrogens is 234 g/mol. The highest BCUT2D eigenvalue weighted by atomic mass is 16.4. The average Bonchev–Trinajstić information content (AvgIpc) is 2.32. The number of rotatable bonds is 3. The molecule has 0 unspecified atom stereocenters. The molecule has 0 amide bonds. The molecule has 0 atom stereocenters. The van der Waals surface area contributed by atoms with Crippen molar-refractivity contribution in [3.05, 3.63) is 45.7 Å². The quantitative estimate of drug-likeness (QED) is 0.848. The van der Waals surface area contributed by atoms with Gasteiger partial charge in [-0.1, -0.05) is 12.1 Å². The van der Waals surface area contributed by atoms with Gasteiger partial charge in [0.1, 0.15) is 5.56 Å². The molecule has 1 heterocycles. The summed E-state index contributed by atoms with van der Waals surface area (Å²) in [7, 11) is 0. The molecule has 0 aliphatic heterocycles. The van der Waals surface area contributed by atoms with Crippen LogP contribution in [0.4, 0.5) is 0 Å². The van der Waals surface area contributed by atoms with E-state index < -0.39 is 11.4 Å². The summed E-state index contributed by atoms with van der Waals surface area (Å²) in [5, 5.41) is 18.4. The monoisotopic (exact) mass is 247 g/mol. The summed E-state index contributed by atoms with van der Waals surface area (Å²) in [5.74, 6) is -1.25. The number of carboxylic acids is 1. The van der Waals surface area contributed by atoms with Crippen molar-refractivity contribution >= 4 is 16.9 Å². The van der Waals surface area contributed by atoms with Crippen LogP contribution in [0, 0.1) is 6.92 Å². The number of fused-ring (bicyclic) bond motifs is 1. The largest absolute Gasteiger partial charge is 0.477 e. The zero-order chi connectivity index (χ0) is 13.3. The standard InChI is InChI=1S/C13H13NO4/c1-8-3-2-4-9-11(8)14(5-6-15)7-10(12(9)16)13(17)18/h2-4,7,15H,5-6H2,1H3,(H,17,18). The number of aromatic nitrogens is 1. The van der Waals surface area contributed by atoms with Gasteiger partial charge in [0.2, 0.25) is 5.43 Å². The molecule has 5 nitrogen and oxygen atoms in total. The van der Waals surface area contributed by atoms with Crippen LogP contribution in [0.1, 0.15) is 15.9 Å². The van der Waals surface area contributed by atoms with Crippen molar-refractivity contribution in [3.8, 4) is 0 Å². The van der Waals surface area contributed by atoms with Crippen molar-refractivity contribution in [2.45, 2.75) is 13.5 Å². The number of hydrogen-bond acceptors (Lipinski definition) is 3. The van der Waals surface area contributed by atoms with E-state index >= 15 is 0 Å². The predicted octanol–water partition coefficient (Wildman–Crippen LogP) is 1.00. The molecule has 2 N–H and O–H groups in total. The Balaban J connectivity index is 2.92. The van der Waals surface area contributed by atoms with Crippen molar-refractivity contribution in [1.29, 1.82) is 0 Å². The number of aliphatic hydroxyl groups is 1. The minimum absolute atomic E-state index is 0.120. The van der Waals surface area contributed by atoms with E-state index in [-0.39, 0.29) is 18.7 Å². The van der Waals surface area contributed by atoms with Gasteiger partial charge in [0.25, 0.3) is 0 Å². The summed E-state index contributed by atoms with van der Waals surface area (Å²) in [4.78, 5) is 23.1. The van der Waals surface area contributed by atoms with Crippen molar-refractivity contribution in [2.75, 3.05) is 6.61 Å². The molecule has 1 aromatic carbocycles. The van der Waals surface area contributed by atoms with Crippen LogP contribution in [-0.4, -0.2) is 27.4 Å². The van der Waals surface area contributed by atoms with Crippen molar-refractivity contribution < 1.29 is 15.0 Å². The number of para-hydroxylation sites is 1. The average molecular weight is 247 g/mol. The Hall–Kier alpha value is -2.14. The lowest BCUT2D eigenvalue weighted by molar-refractivity contribution is 0.0694. The Kier molecular flexibility index (Phi) is 3.16. The van der Waals surface area contributed by atoms with E-state index in [1.165, 1.54) is 6.20 Å². The number of benzene rings is 1. The van der Waals surface area contributed by atoms with Gasteiger partial charge in [-0.2, -0.15) is 0 Å². The second kappa shape index (κ2) is 4.62. The maximum atomic E-state index is 12.0. The highest BCUT2D eigenvalue weighted by Crippen LogP contribution is 2.16. The van der Waals surface area contributed by atoms with E-state index in [1.807, 2.05) is 13.0 Å². The zero-order valence-corrected chi connectivity index (χ0v) is 9.88. The highest BCUT2D eigenvalue weighted by molar-refractivity contribution is 5.93. The van der Waals surface area contributed by atoms with Gasteiger partial charge in [0.05, 0.1) is 12.1 Å². The molecule has 2 rings (SSSR count). The molecule has 0 fully saturated rings. The van der Waals surface area contributed by atoms with Gasteiger partial charge in [0, 0.05) is 18.1 Å².